The Morgan fingerprint density at radius 3 is 2.50 bits per heavy atom. The maximum absolute atomic E-state index is 12.8. The van der Waals surface area contributed by atoms with Gasteiger partial charge in [-0.15, -0.1) is 11.6 Å². The van der Waals surface area contributed by atoms with Crippen LogP contribution < -0.4 is 5.32 Å². The molecule has 0 aliphatic carbocycles. The summed E-state index contributed by atoms with van der Waals surface area (Å²) in [7, 11) is 0. The van der Waals surface area contributed by atoms with Crippen LogP contribution in [0.25, 0.3) is 0 Å². The van der Waals surface area contributed by atoms with Gasteiger partial charge in [-0.2, -0.15) is 0 Å². The number of ketones is 1. The maximum atomic E-state index is 12.8. The number of hydrogen-bond acceptors (Lipinski definition) is 3. The van der Waals surface area contributed by atoms with Gasteiger partial charge in [0.1, 0.15) is 0 Å². The minimum Gasteiger partial charge on any atom is -0.325 e. The Morgan fingerprint density at radius 2 is 2.04 bits per heavy atom. The number of pyridine rings is 1. The van der Waals surface area contributed by atoms with Gasteiger partial charge in [0, 0.05) is 40.0 Å². The molecule has 1 aromatic rings. The molecule has 1 N–H and O–H groups in total. The van der Waals surface area contributed by atoms with Crippen molar-refractivity contribution in [2.24, 2.45) is 5.41 Å². The number of allylic oxidation sites excluding steroid dienone is 3. The fourth-order valence-electron chi connectivity index (χ4n) is 1.90. The van der Waals surface area contributed by atoms with E-state index in [-0.39, 0.29) is 17.1 Å². The van der Waals surface area contributed by atoms with E-state index in [2.05, 4.69) is 10.3 Å². The van der Waals surface area contributed by atoms with E-state index in [1.54, 1.807) is 30.5 Å². The van der Waals surface area contributed by atoms with E-state index in [1.807, 2.05) is 34.6 Å². The number of carbonyl (C=O) groups excluding carboxylic acids is 2. The fourth-order valence-corrected chi connectivity index (χ4v) is 1.97. The second-order valence-corrected chi connectivity index (χ2v) is 7.25. The number of aromatic nitrogens is 1. The summed E-state index contributed by atoms with van der Waals surface area (Å²) in [5.74, 6) is -0.309. The normalized spacial score (nSPS) is 14.2. The SMILES string of the molecule is CC/C(C(=O)c1cccnc1)=C(\C=C/C(C)Cl)NC(=O)C(C)(C)C. The Kier molecular flexibility index (Phi) is 7.36. The van der Waals surface area contributed by atoms with Crippen LogP contribution in [0.15, 0.2) is 47.9 Å². The third-order valence-electron chi connectivity index (χ3n) is 3.33. The van der Waals surface area contributed by atoms with Crippen molar-refractivity contribution in [2.45, 2.75) is 46.4 Å². The van der Waals surface area contributed by atoms with Crippen molar-refractivity contribution in [2.75, 3.05) is 0 Å². The molecule has 0 radical (unpaired) electrons. The Hall–Kier alpha value is -1.94. The highest BCUT2D eigenvalue weighted by molar-refractivity contribution is 6.21. The highest BCUT2D eigenvalue weighted by atomic mass is 35.5. The van der Waals surface area contributed by atoms with Crippen LogP contribution in [0.4, 0.5) is 0 Å². The van der Waals surface area contributed by atoms with Crippen LogP contribution in [-0.4, -0.2) is 22.1 Å². The standard InChI is InChI=1S/C19H25ClN2O2/c1-6-15(17(23)14-8-7-11-21-12-14)16(10-9-13(2)20)22-18(24)19(3,4)5/h7-13H,6H2,1-5H3,(H,22,24)/b10-9-,16-15-. The lowest BCUT2D eigenvalue weighted by Crippen LogP contribution is -2.35. The summed E-state index contributed by atoms with van der Waals surface area (Å²) < 4.78 is 0. The van der Waals surface area contributed by atoms with E-state index in [4.69, 9.17) is 11.6 Å². The Labute approximate surface area is 149 Å². The zero-order valence-electron chi connectivity index (χ0n) is 14.9. The lowest BCUT2D eigenvalue weighted by molar-refractivity contribution is -0.127. The molecule has 24 heavy (non-hydrogen) atoms. The molecular formula is C19H25ClN2O2. The Morgan fingerprint density at radius 1 is 1.38 bits per heavy atom. The number of alkyl halides is 1. The largest absolute Gasteiger partial charge is 0.325 e. The van der Waals surface area contributed by atoms with Gasteiger partial charge in [0.25, 0.3) is 0 Å². The van der Waals surface area contributed by atoms with E-state index in [9.17, 15) is 9.59 Å². The topological polar surface area (TPSA) is 59.1 Å². The number of hydrogen-bond donors (Lipinski definition) is 1. The Bertz CT molecular complexity index is 641. The van der Waals surface area contributed by atoms with Crippen LogP contribution in [0.3, 0.4) is 0 Å². The second kappa shape index (κ2) is 8.78. The van der Waals surface area contributed by atoms with Gasteiger partial charge < -0.3 is 5.32 Å². The Balaban J connectivity index is 3.31. The van der Waals surface area contributed by atoms with Crippen LogP contribution in [0, 0.1) is 5.41 Å². The highest BCUT2D eigenvalue weighted by Crippen LogP contribution is 2.19. The van der Waals surface area contributed by atoms with Crippen LogP contribution in [0.1, 0.15) is 51.4 Å². The molecule has 0 bridgehead atoms. The molecule has 0 aromatic carbocycles. The van der Waals surface area contributed by atoms with Crippen molar-refractivity contribution in [1.29, 1.82) is 0 Å². The number of nitrogens with one attached hydrogen (secondary N) is 1. The number of nitrogens with zero attached hydrogens (tertiary/aromatic N) is 1. The van der Waals surface area contributed by atoms with E-state index < -0.39 is 5.41 Å². The fraction of sp³-hybridized carbons (Fsp3) is 0.421. The van der Waals surface area contributed by atoms with Crippen molar-refractivity contribution in [3.05, 3.63) is 53.5 Å². The van der Waals surface area contributed by atoms with Crippen molar-refractivity contribution in [3.8, 4) is 0 Å². The number of halogens is 1. The van der Waals surface area contributed by atoms with Crippen molar-refractivity contribution in [3.63, 3.8) is 0 Å². The van der Waals surface area contributed by atoms with Gasteiger partial charge >= 0.3 is 0 Å². The first kappa shape index (κ1) is 20.1. The van der Waals surface area contributed by atoms with Crippen molar-refractivity contribution >= 4 is 23.3 Å². The smallest absolute Gasteiger partial charge is 0.229 e. The average Bonchev–Trinajstić information content (AvgIpc) is 2.52. The molecule has 130 valence electrons. The predicted octanol–water partition coefficient (Wildman–Crippen LogP) is 4.27. The van der Waals surface area contributed by atoms with E-state index in [0.29, 0.717) is 23.3 Å². The van der Waals surface area contributed by atoms with Gasteiger partial charge in [-0.05, 0) is 31.6 Å². The van der Waals surface area contributed by atoms with E-state index >= 15 is 0 Å². The lowest BCUT2D eigenvalue weighted by atomic mass is 9.94. The molecule has 0 spiro atoms. The number of amides is 1. The van der Waals surface area contributed by atoms with Gasteiger partial charge in [-0.3, -0.25) is 14.6 Å². The first-order chi connectivity index (χ1) is 11.2. The van der Waals surface area contributed by atoms with Gasteiger partial charge in [-0.1, -0.05) is 33.8 Å². The predicted molar refractivity (Wildman–Crippen MR) is 97.9 cm³/mol. The molecule has 0 fully saturated rings. The molecule has 0 aliphatic heterocycles. The molecule has 5 heteroatoms. The van der Waals surface area contributed by atoms with Crippen LogP contribution >= 0.6 is 11.6 Å². The van der Waals surface area contributed by atoms with Crippen LogP contribution in [0.2, 0.25) is 0 Å². The zero-order valence-corrected chi connectivity index (χ0v) is 15.6. The monoisotopic (exact) mass is 348 g/mol. The summed E-state index contributed by atoms with van der Waals surface area (Å²) >= 11 is 5.98. The average molecular weight is 349 g/mol. The minimum absolute atomic E-state index is 0.151. The summed E-state index contributed by atoms with van der Waals surface area (Å²) in [5.41, 5.74) is 0.930. The molecule has 1 heterocycles. The third-order valence-corrected chi connectivity index (χ3v) is 3.48. The molecule has 1 amide bonds. The molecule has 1 atom stereocenters. The molecule has 4 nitrogen and oxygen atoms in total. The lowest BCUT2D eigenvalue weighted by Gasteiger charge is -2.20. The molecule has 1 unspecified atom stereocenters. The molecule has 0 saturated carbocycles. The second-order valence-electron chi connectivity index (χ2n) is 6.56. The van der Waals surface area contributed by atoms with Gasteiger partial charge in [0.05, 0.1) is 0 Å². The van der Waals surface area contributed by atoms with Gasteiger partial charge in [0.2, 0.25) is 5.91 Å². The number of carbonyl (C=O) groups is 2. The molecule has 0 aliphatic rings. The summed E-state index contributed by atoms with van der Waals surface area (Å²) in [6.07, 6.45) is 7.06. The first-order valence-electron chi connectivity index (χ1n) is 7.98. The molecule has 1 aromatic heterocycles. The summed E-state index contributed by atoms with van der Waals surface area (Å²) in [6, 6.07) is 3.42. The molecule has 0 saturated heterocycles. The van der Waals surface area contributed by atoms with Crippen LogP contribution in [0.5, 0.6) is 0 Å². The van der Waals surface area contributed by atoms with Crippen molar-refractivity contribution in [1.82, 2.24) is 10.3 Å². The van der Waals surface area contributed by atoms with E-state index in [1.165, 1.54) is 6.20 Å². The molecular weight excluding hydrogens is 324 g/mol. The quantitative estimate of drug-likeness (QED) is 0.361. The molecule has 1 rings (SSSR count). The van der Waals surface area contributed by atoms with E-state index in [0.717, 1.165) is 0 Å². The number of Topliss-reactive ketones (excluding diaryl/α,β-unsaturated/α-hetero) is 1. The third kappa shape index (κ3) is 5.93. The summed E-state index contributed by atoms with van der Waals surface area (Å²) in [5, 5.41) is 2.66. The van der Waals surface area contributed by atoms with Crippen LogP contribution in [-0.2, 0) is 4.79 Å². The highest BCUT2D eigenvalue weighted by Gasteiger charge is 2.24. The first-order valence-corrected chi connectivity index (χ1v) is 8.42. The maximum Gasteiger partial charge on any atom is 0.229 e. The summed E-state index contributed by atoms with van der Waals surface area (Å²) in [4.78, 5) is 29.1. The van der Waals surface area contributed by atoms with Crippen molar-refractivity contribution < 1.29 is 9.59 Å². The van der Waals surface area contributed by atoms with Gasteiger partial charge in [-0.25, -0.2) is 0 Å². The minimum atomic E-state index is -0.568. The van der Waals surface area contributed by atoms with Gasteiger partial charge in [0.15, 0.2) is 5.78 Å². The number of rotatable bonds is 6. The zero-order chi connectivity index (χ0) is 18.3. The summed E-state index contributed by atoms with van der Waals surface area (Å²) in [6.45, 7) is 9.16.